The van der Waals surface area contributed by atoms with Crippen LogP contribution in [0.1, 0.15) is 22.2 Å². The van der Waals surface area contributed by atoms with Crippen molar-refractivity contribution >= 4 is 33.4 Å². The second kappa shape index (κ2) is 5.13. The van der Waals surface area contributed by atoms with Crippen LogP contribution in [0.3, 0.4) is 0 Å². The number of amides is 1. The van der Waals surface area contributed by atoms with Gasteiger partial charge < -0.3 is 11.1 Å². The molecule has 0 atom stereocenters. The molecule has 0 saturated carbocycles. The minimum atomic E-state index is -0.514. The van der Waals surface area contributed by atoms with E-state index >= 15 is 0 Å². The number of carbonyl (C=O) groups excluding carboxylic acids is 1. The summed E-state index contributed by atoms with van der Waals surface area (Å²) in [4.78, 5) is 22.2. The molecule has 0 saturated heterocycles. The Hall–Kier alpha value is -2.48. The van der Waals surface area contributed by atoms with Gasteiger partial charge in [-0.3, -0.25) is 4.79 Å². The lowest BCUT2D eigenvalue weighted by atomic mass is 10.3. The molecule has 21 heavy (non-hydrogen) atoms. The van der Waals surface area contributed by atoms with Crippen molar-refractivity contribution in [2.45, 2.75) is 13.8 Å². The molecule has 0 aromatic carbocycles. The topological polar surface area (TPSA) is 98.7 Å². The number of nitrogens with two attached hydrogens (primary N) is 1. The van der Waals surface area contributed by atoms with Gasteiger partial charge in [-0.2, -0.15) is 10.1 Å². The van der Waals surface area contributed by atoms with Crippen molar-refractivity contribution in [3.63, 3.8) is 0 Å². The SMILES string of the molecule is CCNc1nc(-n2cc(C(N)=O)cn2)c2cc(C)sc2n1. The highest BCUT2D eigenvalue weighted by Gasteiger charge is 2.14. The van der Waals surface area contributed by atoms with Crippen molar-refractivity contribution in [1.29, 1.82) is 0 Å². The predicted octanol–water partition coefficient (Wildman–Crippen LogP) is 1.72. The minimum Gasteiger partial charge on any atom is -0.366 e. The number of primary amides is 1. The third-order valence-corrected chi connectivity index (χ3v) is 3.86. The first kappa shape index (κ1) is 13.5. The maximum absolute atomic E-state index is 11.2. The summed E-state index contributed by atoms with van der Waals surface area (Å²) in [6.45, 7) is 4.72. The molecule has 0 unspecified atom stereocenters. The van der Waals surface area contributed by atoms with Crippen LogP contribution in [0.5, 0.6) is 0 Å². The van der Waals surface area contributed by atoms with E-state index in [4.69, 9.17) is 5.73 Å². The summed E-state index contributed by atoms with van der Waals surface area (Å²) in [5.74, 6) is 0.658. The zero-order valence-electron chi connectivity index (χ0n) is 11.6. The Morgan fingerprint density at radius 2 is 2.29 bits per heavy atom. The molecule has 108 valence electrons. The van der Waals surface area contributed by atoms with Gasteiger partial charge in [0, 0.05) is 17.6 Å². The van der Waals surface area contributed by atoms with Crippen LogP contribution < -0.4 is 11.1 Å². The molecule has 3 aromatic heterocycles. The molecular weight excluding hydrogens is 288 g/mol. The molecule has 1 amide bonds. The summed E-state index contributed by atoms with van der Waals surface area (Å²) in [7, 11) is 0. The summed E-state index contributed by atoms with van der Waals surface area (Å²) in [5, 5.41) is 8.17. The molecule has 0 aliphatic rings. The van der Waals surface area contributed by atoms with E-state index in [1.165, 1.54) is 6.20 Å². The highest BCUT2D eigenvalue weighted by Crippen LogP contribution is 2.28. The van der Waals surface area contributed by atoms with E-state index in [-0.39, 0.29) is 0 Å². The van der Waals surface area contributed by atoms with Gasteiger partial charge in [-0.25, -0.2) is 9.67 Å². The Bertz CT molecular complexity index is 821. The van der Waals surface area contributed by atoms with E-state index in [1.807, 2.05) is 19.9 Å². The molecule has 0 fully saturated rings. The molecular formula is C13H14N6OS. The Morgan fingerprint density at radius 1 is 1.48 bits per heavy atom. The number of carbonyl (C=O) groups is 1. The minimum absolute atomic E-state index is 0.346. The highest BCUT2D eigenvalue weighted by molar-refractivity contribution is 7.18. The number of aromatic nitrogens is 4. The van der Waals surface area contributed by atoms with Crippen molar-refractivity contribution < 1.29 is 4.79 Å². The predicted molar refractivity (Wildman–Crippen MR) is 82.0 cm³/mol. The Morgan fingerprint density at radius 3 is 2.95 bits per heavy atom. The molecule has 3 rings (SSSR count). The summed E-state index contributed by atoms with van der Waals surface area (Å²) >= 11 is 1.59. The smallest absolute Gasteiger partial charge is 0.251 e. The second-order valence-electron chi connectivity index (χ2n) is 4.51. The van der Waals surface area contributed by atoms with Gasteiger partial charge in [0.1, 0.15) is 4.83 Å². The maximum atomic E-state index is 11.2. The molecule has 8 heteroatoms. The molecule has 0 aliphatic carbocycles. The normalized spacial score (nSPS) is 11.0. The fourth-order valence-electron chi connectivity index (χ4n) is 2.00. The average molecular weight is 302 g/mol. The third-order valence-electron chi connectivity index (χ3n) is 2.91. The van der Waals surface area contributed by atoms with E-state index in [0.29, 0.717) is 17.3 Å². The highest BCUT2D eigenvalue weighted by atomic mass is 32.1. The molecule has 3 N–H and O–H groups in total. The summed E-state index contributed by atoms with van der Waals surface area (Å²) in [6.07, 6.45) is 3.01. The second-order valence-corrected chi connectivity index (χ2v) is 5.75. The number of nitrogens with one attached hydrogen (secondary N) is 1. The number of hydrogen-bond donors (Lipinski definition) is 2. The standard InChI is InChI=1S/C13H14N6OS/c1-3-15-13-17-11(9-4-7(2)21-12(9)18-13)19-6-8(5-16-19)10(14)20/h4-6H,3H2,1-2H3,(H2,14,20)(H,15,17,18). The van der Waals surface area contributed by atoms with Gasteiger partial charge in [-0.05, 0) is 19.9 Å². The zero-order chi connectivity index (χ0) is 15.0. The van der Waals surface area contributed by atoms with Crippen LogP contribution in [0.4, 0.5) is 5.95 Å². The van der Waals surface area contributed by atoms with Crippen LogP contribution in [0, 0.1) is 6.92 Å². The maximum Gasteiger partial charge on any atom is 0.251 e. The lowest BCUT2D eigenvalue weighted by Crippen LogP contribution is -2.10. The van der Waals surface area contributed by atoms with Gasteiger partial charge in [0.2, 0.25) is 5.95 Å². The van der Waals surface area contributed by atoms with Crippen LogP contribution in [0.2, 0.25) is 0 Å². The quantitative estimate of drug-likeness (QED) is 0.764. The third kappa shape index (κ3) is 2.45. The summed E-state index contributed by atoms with van der Waals surface area (Å²) in [5.41, 5.74) is 5.61. The number of thiophene rings is 1. The van der Waals surface area contributed by atoms with E-state index in [0.717, 1.165) is 21.6 Å². The van der Waals surface area contributed by atoms with Gasteiger partial charge >= 0.3 is 0 Å². The van der Waals surface area contributed by atoms with Gasteiger partial charge in [0.05, 0.1) is 17.1 Å². The largest absolute Gasteiger partial charge is 0.366 e. The van der Waals surface area contributed by atoms with E-state index in [2.05, 4.69) is 20.4 Å². The number of hydrogen-bond acceptors (Lipinski definition) is 6. The first-order valence-corrected chi connectivity index (χ1v) is 7.27. The van der Waals surface area contributed by atoms with Crippen LogP contribution in [0.25, 0.3) is 16.0 Å². The number of aryl methyl sites for hydroxylation is 1. The molecule has 7 nitrogen and oxygen atoms in total. The van der Waals surface area contributed by atoms with Crippen LogP contribution in [-0.2, 0) is 0 Å². The lowest BCUT2D eigenvalue weighted by molar-refractivity contribution is 0.100. The Balaban J connectivity index is 2.20. The summed E-state index contributed by atoms with van der Waals surface area (Å²) in [6, 6.07) is 2.01. The molecule has 3 aromatic rings. The number of rotatable bonds is 4. The van der Waals surface area contributed by atoms with Crippen LogP contribution in [-0.4, -0.2) is 32.2 Å². The molecule has 0 aliphatic heterocycles. The van der Waals surface area contributed by atoms with Crippen molar-refractivity contribution in [3.05, 3.63) is 28.9 Å². The Labute approximate surface area is 124 Å². The molecule has 0 radical (unpaired) electrons. The van der Waals surface area contributed by atoms with Crippen molar-refractivity contribution in [1.82, 2.24) is 19.7 Å². The average Bonchev–Trinajstić information content (AvgIpc) is 3.03. The van der Waals surface area contributed by atoms with Gasteiger partial charge in [-0.1, -0.05) is 0 Å². The molecule has 0 spiro atoms. The van der Waals surface area contributed by atoms with E-state index in [9.17, 15) is 4.79 Å². The van der Waals surface area contributed by atoms with Crippen molar-refractivity contribution in [2.75, 3.05) is 11.9 Å². The first-order chi connectivity index (χ1) is 10.1. The summed E-state index contributed by atoms with van der Waals surface area (Å²) < 4.78 is 1.55. The fourth-order valence-corrected chi connectivity index (χ4v) is 2.88. The first-order valence-electron chi connectivity index (χ1n) is 6.45. The number of nitrogens with zero attached hydrogens (tertiary/aromatic N) is 4. The molecule has 0 bridgehead atoms. The van der Waals surface area contributed by atoms with Gasteiger partial charge in [0.15, 0.2) is 5.82 Å². The zero-order valence-corrected chi connectivity index (χ0v) is 12.4. The van der Waals surface area contributed by atoms with E-state index in [1.54, 1.807) is 22.2 Å². The van der Waals surface area contributed by atoms with Gasteiger partial charge in [0.25, 0.3) is 5.91 Å². The Kier molecular flexibility index (Phi) is 3.30. The van der Waals surface area contributed by atoms with Crippen LogP contribution >= 0.6 is 11.3 Å². The fraction of sp³-hybridized carbons (Fsp3) is 0.231. The van der Waals surface area contributed by atoms with Gasteiger partial charge in [-0.15, -0.1) is 11.3 Å². The van der Waals surface area contributed by atoms with E-state index < -0.39 is 5.91 Å². The molecule has 3 heterocycles. The number of fused-ring (bicyclic) bond motifs is 1. The lowest BCUT2D eigenvalue weighted by Gasteiger charge is -2.06. The monoisotopic (exact) mass is 302 g/mol. The van der Waals surface area contributed by atoms with Crippen molar-refractivity contribution in [2.24, 2.45) is 5.73 Å². The van der Waals surface area contributed by atoms with Crippen molar-refractivity contribution in [3.8, 4) is 5.82 Å². The number of anilines is 1. The van der Waals surface area contributed by atoms with Crippen LogP contribution in [0.15, 0.2) is 18.5 Å².